The summed E-state index contributed by atoms with van der Waals surface area (Å²) in [5.74, 6) is 0.599. The van der Waals surface area contributed by atoms with E-state index in [0.29, 0.717) is 50.5 Å². The van der Waals surface area contributed by atoms with Crippen molar-refractivity contribution in [2.75, 3.05) is 31.9 Å². The Kier molecular flexibility index (Phi) is 6.40. The maximum Gasteiger partial charge on any atom is 0.253 e. The number of hydrogen-bond donors (Lipinski definition) is 0. The van der Waals surface area contributed by atoms with Gasteiger partial charge in [0.15, 0.2) is 0 Å². The van der Waals surface area contributed by atoms with E-state index < -0.39 is 10.0 Å². The van der Waals surface area contributed by atoms with Gasteiger partial charge >= 0.3 is 0 Å². The first-order valence-electron chi connectivity index (χ1n) is 8.72. The van der Waals surface area contributed by atoms with E-state index in [0.717, 1.165) is 0 Å². The lowest BCUT2D eigenvalue weighted by molar-refractivity contribution is 0.0764. The fraction of sp³-hybridized carbons (Fsp3) is 0.611. The molecule has 5 nitrogen and oxygen atoms in total. The van der Waals surface area contributed by atoms with Crippen LogP contribution < -0.4 is 0 Å². The average Bonchev–Trinajstić information content (AvgIpc) is 2.81. The molecule has 24 heavy (non-hydrogen) atoms. The number of nitrogens with zero attached hydrogens (tertiary/aromatic N) is 2. The molecule has 1 aromatic carbocycles. The van der Waals surface area contributed by atoms with Gasteiger partial charge in [-0.15, -0.1) is 0 Å². The molecule has 1 aliphatic heterocycles. The maximum atomic E-state index is 12.7. The molecule has 1 fully saturated rings. The van der Waals surface area contributed by atoms with Crippen molar-refractivity contribution in [1.82, 2.24) is 9.21 Å². The van der Waals surface area contributed by atoms with E-state index in [4.69, 9.17) is 0 Å². The molecule has 1 aliphatic rings. The van der Waals surface area contributed by atoms with Crippen molar-refractivity contribution >= 4 is 15.9 Å². The summed E-state index contributed by atoms with van der Waals surface area (Å²) in [5.41, 5.74) is 1.88. The molecule has 0 spiro atoms. The van der Waals surface area contributed by atoms with Crippen LogP contribution in [0.5, 0.6) is 0 Å². The zero-order valence-corrected chi connectivity index (χ0v) is 15.7. The Balaban J connectivity index is 2.04. The van der Waals surface area contributed by atoms with E-state index in [-0.39, 0.29) is 11.7 Å². The van der Waals surface area contributed by atoms with Crippen molar-refractivity contribution in [2.45, 2.75) is 39.5 Å². The summed E-state index contributed by atoms with van der Waals surface area (Å²) in [6.07, 6.45) is 1.29. The lowest BCUT2D eigenvalue weighted by Gasteiger charge is -2.22. The van der Waals surface area contributed by atoms with Crippen molar-refractivity contribution in [2.24, 2.45) is 0 Å². The van der Waals surface area contributed by atoms with Gasteiger partial charge in [-0.3, -0.25) is 4.79 Å². The van der Waals surface area contributed by atoms with Crippen LogP contribution in [0.25, 0.3) is 0 Å². The van der Waals surface area contributed by atoms with Crippen LogP contribution in [-0.4, -0.2) is 55.5 Å². The largest absolute Gasteiger partial charge is 0.337 e. The lowest BCUT2D eigenvalue weighted by atomic mass is 10.0. The Morgan fingerprint density at radius 1 is 1.08 bits per heavy atom. The van der Waals surface area contributed by atoms with E-state index >= 15 is 0 Å². The third-order valence-corrected chi connectivity index (χ3v) is 6.50. The van der Waals surface area contributed by atoms with Gasteiger partial charge in [-0.25, -0.2) is 12.7 Å². The van der Waals surface area contributed by atoms with Crippen molar-refractivity contribution in [3.05, 3.63) is 35.4 Å². The Morgan fingerprint density at radius 2 is 1.75 bits per heavy atom. The van der Waals surface area contributed by atoms with Crippen LogP contribution >= 0.6 is 0 Å². The molecule has 1 heterocycles. The molecule has 0 aliphatic carbocycles. The third kappa shape index (κ3) is 4.57. The molecule has 0 N–H and O–H groups in total. The Hall–Kier alpha value is -1.40. The summed E-state index contributed by atoms with van der Waals surface area (Å²) in [6.45, 7) is 8.05. The highest BCUT2D eigenvalue weighted by Gasteiger charge is 2.26. The highest BCUT2D eigenvalue weighted by Crippen LogP contribution is 2.17. The second-order valence-corrected chi connectivity index (χ2v) is 8.73. The van der Waals surface area contributed by atoms with Crippen molar-refractivity contribution in [1.29, 1.82) is 0 Å². The summed E-state index contributed by atoms with van der Waals surface area (Å²) in [7, 11) is -3.19. The molecule has 1 aromatic rings. The molecule has 2 rings (SSSR count). The first-order chi connectivity index (χ1) is 11.3. The molecule has 0 radical (unpaired) electrons. The first kappa shape index (κ1) is 18.9. The smallest absolute Gasteiger partial charge is 0.253 e. The van der Waals surface area contributed by atoms with Crippen molar-refractivity contribution < 1.29 is 13.2 Å². The quantitative estimate of drug-likeness (QED) is 0.819. The molecule has 0 saturated carbocycles. The summed E-state index contributed by atoms with van der Waals surface area (Å²) in [4.78, 5) is 14.4. The fourth-order valence-electron chi connectivity index (χ4n) is 2.96. The van der Waals surface area contributed by atoms with Gasteiger partial charge in [0.2, 0.25) is 10.0 Å². The highest BCUT2D eigenvalue weighted by molar-refractivity contribution is 7.89. The second-order valence-electron chi connectivity index (χ2n) is 6.64. The zero-order valence-electron chi connectivity index (χ0n) is 14.9. The molecule has 1 amide bonds. The fourth-order valence-corrected chi connectivity index (χ4v) is 4.50. The minimum Gasteiger partial charge on any atom is -0.337 e. The number of sulfonamides is 1. The molecular formula is C18H28N2O3S. The highest BCUT2D eigenvalue weighted by atomic mass is 32.2. The van der Waals surface area contributed by atoms with Crippen LogP contribution in [0.4, 0.5) is 0 Å². The number of carbonyl (C=O) groups excluding carboxylic acids is 1. The second kappa shape index (κ2) is 8.12. The predicted octanol–water partition coefficient (Wildman–Crippen LogP) is 2.70. The Bertz CT molecular complexity index is 653. The summed E-state index contributed by atoms with van der Waals surface area (Å²) < 4.78 is 26.0. The minimum atomic E-state index is -3.19. The van der Waals surface area contributed by atoms with Gasteiger partial charge in [0.25, 0.3) is 5.91 Å². The average molecular weight is 353 g/mol. The van der Waals surface area contributed by atoms with Gasteiger partial charge in [-0.05, 0) is 36.5 Å². The molecular weight excluding hydrogens is 324 g/mol. The van der Waals surface area contributed by atoms with Crippen LogP contribution in [0.3, 0.4) is 0 Å². The number of carbonyl (C=O) groups is 1. The molecule has 0 atom stereocenters. The standard InChI is InChI=1S/C18H28N2O3S/c1-4-14-24(22,23)20-11-5-10-19(12-13-20)18(21)17-8-6-16(7-9-17)15(2)3/h6-9,15H,4-5,10-14H2,1-3H3. The molecule has 0 bridgehead atoms. The molecule has 6 heteroatoms. The Morgan fingerprint density at radius 3 is 2.33 bits per heavy atom. The van der Waals surface area contributed by atoms with Crippen LogP contribution in [-0.2, 0) is 10.0 Å². The van der Waals surface area contributed by atoms with Crippen LogP contribution in [0.1, 0.15) is 55.5 Å². The van der Waals surface area contributed by atoms with Gasteiger partial charge in [-0.1, -0.05) is 32.9 Å². The van der Waals surface area contributed by atoms with E-state index in [1.807, 2.05) is 31.2 Å². The van der Waals surface area contributed by atoms with Crippen molar-refractivity contribution in [3.63, 3.8) is 0 Å². The third-order valence-electron chi connectivity index (χ3n) is 4.42. The molecule has 0 unspecified atom stereocenters. The number of hydrogen-bond acceptors (Lipinski definition) is 3. The maximum absolute atomic E-state index is 12.7. The van der Waals surface area contributed by atoms with Gasteiger partial charge < -0.3 is 4.90 Å². The topological polar surface area (TPSA) is 57.7 Å². The minimum absolute atomic E-state index is 0.0138. The van der Waals surface area contributed by atoms with Crippen LogP contribution in [0.15, 0.2) is 24.3 Å². The van der Waals surface area contributed by atoms with E-state index in [1.54, 1.807) is 4.90 Å². The summed E-state index contributed by atoms with van der Waals surface area (Å²) in [6, 6.07) is 7.73. The zero-order chi connectivity index (χ0) is 17.7. The van der Waals surface area contributed by atoms with Gasteiger partial charge in [0.05, 0.1) is 5.75 Å². The predicted molar refractivity (Wildman–Crippen MR) is 96.7 cm³/mol. The Labute approximate surface area is 145 Å². The first-order valence-corrected chi connectivity index (χ1v) is 10.3. The number of amides is 1. The van der Waals surface area contributed by atoms with Gasteiger partial charge in [-0.2, -0.15) is 0 Å². The normalized spacial score (nSPS) is 17.1. The van der Waals surface area contributed by atoms with Gasteiger partial charge in [0.1, 0.15) is 0 Å². The van der Waals surface area contributed by atoms with Crippen molar-refractivity contribution in [3.8, 4) is 0 Å². The summed E-state index contributed by atoms with van der Waals surface area (Å²) in [5, 5.41) is 0. The SMILES string of the molecule is CCCS(=O)(=O)N1CCCN(C(=O)c2ccc(C(C)C)cc2)CC1. The summed E-state index contributed by atoms with van der Waals surface area (Å²) >= 11 is 0. The van der Waals surface area contributed by atoms with Crippen LogP contribution in [0, 0.1) is 0 Å². The molecule has 134 valence electrons. The molecule has 1 saturated heterocycles. The van der Waals surface area contributed by atoms with Gasteiger partial charge in [0, 0.05) is 31.7 Å². The lowest BCUT2D eigenvalue weighted by Crippen LogP contribution is -2.38. The molecule has 0 aromatic heterocycles. The monoisotopic (exact) mass is 352 g/mol. The van der Waals surface area contributed by atoms with E-state index in [1.165, 1.54) is 9.87 Å². The van der Waals surface area contributed by atoms with Crippen LogP contribution in [0.2, 0.25) is 0 Å². The number of rotatable bonds is 5. The van der Waals surface area contributed by atoms with E-state index in [9.17, 15) is 13.2 Å². The van der Waals surface area contributed by atoms with E-state index in [2.05, 4.69) is 13.8 Å². The number of benzene rings is 1.